The smallest absolute Gasteiger partial charge is 0.275 e. The second-order valence-electron chi connectivity index (χ2n) is 4.15. The van der Waals surface area contributed by atoms with Crippen LogP contribution < -0.4 is 10.2 Å². The van der Waals surface area contributed by atoms with Crippen LogP contribution in [0.2, 0.25) is 0 Å². The molecule has 0 saturated carbocycles. The maximum absolute atomic E-state index is 11.9. The lowest BCUT2D eigenvalue weighted by Crippen LogP contribution is -2.13. The van der Waals surface area contributed by atoms with E-state index in [9.17, 15) is 4.79 Å². The van der Waals surface area contributed by atoms with Gasteiger partial charge in [-0.1, -0.05) is 6.07 Å². The molecule has 1 aromatic carbocycles. The lowest BCUT2D eigenvalue weighted by atomic mass is 10.2. The van der Waals surface area contributed by atoms with Gasteiger partial charge in [-0.3, -0.25) is 4.79 Å². The summed E-state index contributed by atoms with van der Waals surface area (Å²) in [6.07, 6.45) is 0. The third kappa shape index (κ3) is 2.87. The van der Waals surface area contributed by atoms with Crippen molar-refractivity contribution in [3.8, 4) is 0 Å². The molecular weight excluding hydrogens is 246 g/mol. The minimum absolute atomic E-state index is 0.171. The Morgan fingerprint density at radius 3 is 2.78 bits per heavy atom. The highest BCUT2D eigenvalue weighted by Crippen LogP contribution is 2.18. The molecule has 0 aliphatic carbocycles. The molecule has 0 atom stereocenters. The Labute approximate surface area is 110 Å². The Morgan fingerprint density at radius 2 is 2.17 bits per heavy atom. The van der Waals surface area contributed by atoms with Gasteiger partial charge >= 0.3 is 0 Å². The van der Waals surface area contributed by atoms with Crippen LogP contribution in [0, 0.1) is 6.92 Å². The summed E-state index contributed by atoms with van der Waals surface area (Å²) < 4.78 is 0. The number of carbonyl (C=O) groups is 1. The van der Waals surface area contributed by atoms with Gasteiger partial charge in [-0.05, 0) is 25.1 Å². The number of benzene rings is 1. The van der Waals surface area contributed by atoms with Gasteiger partial charge in [-0.15, -0.1) is 11.3 Å². The molecule has 94 valence electrons. The van der Waals surface area contributed by atoms with Crippen molar-refractivity contribution in [2.45, 2.75) is 6.92 Å². The summed E-state index contributed by atoms with van der Waals surface area (Å²) >= 11 is 1.47. The van der Waals surface area contributed by atoms with Gasteiger partial charge in [0.25, 0.3) is 5.91 Å². The molecule has 4 nitrogen and oxygen atoms in total. The molecule has 1 heterocycles. The van der Waals surface area contributed by atoms with Crippen LogP contribution in [-0.4, -0.2) is 25.0 Å². The molecule has 18 heavy (non-hydrogen) atoms. The SMILES string of the molecule is Cc1nc(C(=O)Nc2cccc(N(C)C)c2)cs1. The average Bonchev–Trinajstić information content (AvgIpc) is 2.76. The zero-order chi connectivity index (χ0) is 13.1. The van der Waals surface area contributed by atoms with Crippen LogP contribution in [0.3, 0.4) is 0 Å². The summed E-state index contributed by atoms with van der Waals surface area (Å²) in [5.41, 5.74) is 2.28. The molecule has 2 aromatic rings. The molecule has 1 aromatic heterocycles. The van der Waals surface area contributed by atoms with E-state index >= 15 is 0 Å². The first-order chi connectivity index (χ1) is 8.56. The Morgan fingerprint density at radius 1 is 1.39 bits per heavy atom. The highest BCUT2D eigenvalue weighted by atomic mass is 32.1. The summed E-state index contributed by atoms with van der Waals surface area (Å²) in [6, 6.07) is 7.70. The van der Waals surface area contributed by atoms with Crippen molar-refractivity contribution in [1.82, 2.24) is 4.98 Å². The van der Waals surface area contributed by atoms with Crippen LogP contribution in [-0.2, 0) is 0 Å². The van der Waals surface area contributed by atoms with Crippen molar-refractivity contribution in [1.29, 1.82) is 0 Å². The number of rotatable bonds is 3. The summed E-state index contributed by atoms with van der Waals surface area (Å²) in [5.74, 6) is -0.171. The fourth-order valence-electron chi connectivity index (χ4n) is 1.52. The number of thiazole rings is 1. The number of amides is 1. The van der Waals surface area contributed by atoms with E-state index in [1.165, 1.54) is 11.3 Å². The highest BCUT2D eigenvalue weighted by molar-refractivity contribution is 7.09. The van der Waals surface area contributed by atoms with Gasteiger partial charge in [0.15, 0.2) is 0 Å². The number of nitrogens with one attached hydrogen (secondary N) is 1. The number of hydrogen-bond acceptors (Lipinski definition) is 4. The van der Waals surface area contributed by atoms with Crippen molar-refractivity contribution < 1.29 is 4.79 Å². The van der Waals surface area contributed by atoms with Crippen LogP contribution >= 0.6 is 11.3 Å². The van der Waals surface area contributed by atoms with E-state index in [2.05, 4.69) is 10.3 Å². The second kappa shape index (κ2) is 5.18. The number of hydrogen-bond donors (Lipinski definition) is 1. The topological polar surface area (TPSA) is 45.2 Å². The fraction of sp³-hybridized carbons (Fsp3) is 0.231. The third-order valence-corrected chi connectivity index (χ3v) is 3.25. The highest BCUT2D eigenvalue weighted by Gasteiger charge is 2.09. The molecule has 1 amide bonds. The predicted octanol–water partition coefficient (Wildman–Crippen LogP) is 2.77. The van der Waals surface area contributed by atoms with Gasteiger partial charge in [0, 0.05) is 30.9 Å². The van der Waals surface area contributed by atoms with E-state index in [0.717, 1.165) is 16.4 Å². The zero-order valence-electron chi connectivity index (χ0n) is 10.6. The number of nitrogens with zero attached hydrogens (tertiary/aromatic N) is 2. The quantitative estimate of drug-likeness (QED) is 0.924. The van der Waals surface area contributed by atoms with Gasteiger partial charge in [-0.2, -0.15) is 0 Å². The monoisotopic (exact) mass is 261 g/mol. The number of aryl methyl sites for hydroxylation is 1. The Kier molecular flexibility index (Phi) is 3.62. The number of aromatic nitrogens is 1. The molecule has 0 aliphatic heterocycles. The average molecular weight is 261 g/mol. The van der Waals surface area contributed by atoms with E-state index in [4.69, 9.17) is 0 Å². The largest absolute Gasteiger partial charge is 0.378 e. The van der Waals surface area contributed by atoms with Crippen LogP contribution in [0.15, 0.2) is 29.6 Å². The molecule has 0 bridgehead atoms. The second-order valence-corrected chi connectivity index (χ2v) is 5.21. The first-order valence-corrected chi connectivity index (χ1v) is 6.45. The van der Waals surface area contributed by atoms with E-state index in [-0.39, 0.29) is 5.91 Å². The van der Waals surface area contributed by atoms with Crippen molar-refractivity contribution in [2.24, 2.45) is 0 Å². The summed E-state index contributed by atoms with van der Waals surface area (Å²) in [7, 11) is 3.93. The van der Waals surface area contributed by atoms with E-state index in [1.54, 1.807) is 5.38 Å². The lowest BCUT2D eigenvalue weighted by Gasteiger charge is -2.13. The molecule has 0 aliphatic rings. The number of carbonyl (C=O) groups excluding carboxylic acids is 1. The van der Waals surface area contributed by atoms with Gasteiger partial charge in [0.1, 0.15) is 5.69 Å². The minimum atomic E-state index is -0.171. The molecule has 0 spiro atoms. The van der Waals surface area contributed by atoms with Crippen LogP contribution in [0.5, 0.6) is 0 Å². The molecule has 2 rings (SSSR count). The van der Waals surface area contributed by atoms with Crippen LogP contribution in [0.25, 0.3) is 0 Å². The van der Waals surface area contributed by atoms with Crippen LogP contribution in [0.4, 0.5) is 11.4 Å². The van der Waals surface area contributed by atoms with Crippen molar-refractivity contribution >= 4 is 28.6 Å². The van der Waals surface area contributed by atoms with Gasteiger partial charge in [-0.25, -0.2) is 4.98 Å². The molecular formula is C13H15N3OS. The van der Waals surface area contributed by atoms with Crippen molar-refractivity contribution in [3.63, 3.8) is 0 Å². The molecule has 0 unspecified atom stereocenters. The molecule has 5 heteroatoms. The van der Waals surface area contributed by atoms with Crippen molar-refractivity contribution in [3.05, 3.63) is 40.3 Å². The van der Waals surface area contributed by atoms with E-state index < -0.39 is 0 Å². The fourth-order valence-corrected chi connectivity index (χ4v) is 2.12. The molecule has 0 radical (unpaired) electrons. The lowest BCUT2D eigenvalue weighted by molar-refractivity contribution is 0.102. The van der Waals surface area contributed by atoms with Crippen molar-refractivity contribution in [2.75, 3.05) is 24.3 Å². The van der Waals surface area contributed by atoms with Gasteiger partial charge < -0.3 is 10.2 Å². The summed E-state index contributed by atoms with van der Waals surface area (Å²) in [5, 5.41) is 5.50. The first kappa shape index (κ1) is 12.6. The molecule has 0 fully saturated rings. The molecule has 1 N–H and O–H groups in total. The normalized spacial score (nSPS) is 10.2. The standard InChI is InChI=1S/C13H15N3OS/c1-9-14-12(8-18-9)13(17)15-10-5-4-6-11(7-10)16(2)3/h4-8H,1-3H3,(H,15,17). The Bertz CT molecular complexity index is 563. The number of anilines is 2. The summed E-state index contributed by atoms with van der Waals surface area (Å²) in [6.45, 7) is 1.88. The Hall–Kier alpha value is -1.88. The van der Waals surface area contributed by atoms with Crippen LogP contribution in [0.1, 0.15) is 15.5 Å². The third-order valence-electron chi connectivity index (χ3n) is 2.47. The van der Waals surface area contributed by atoms with Gasteiger partial charge in [0.2, 0.25) is 0 Å². The Balaban J connectivity index is 2.14. The maximum Gasteiger partial charge on any atom is 0.275 e. The summed E-state index contributed by atoms with van der Waals surface area (Å²) in [4.78, 5) is 18.1. The van der Waals surface area contributed by atoms with E-state index in [0.29, 0.717) is 5.69 Å². The maximum atomic E-state index is 11.9. The molecule has 0 saturated heterocycles. The predicted molar refractivity (Wildman–Crippen MR) is 75.6 cm³/mol. The zero-order valence-corrected chi connectivity index (χ0v) is 11.4. The minimum Gasteiger partial charge on any atom is -0.378 e. The first-order valence-electron chi connectivity index (χ1n) is 5.57. The van der Waals surface area contributed by atoms with E-state index in [1.807, 2.05) is 50.2 Å². The van der Waals surface area contributed by atoms with Gasteiger partial charge in [0.05, 0.1) is 5.01 Å².